The van der Waals surface area contributed by atoms with Crippen molar-refractivity contribution in [3.63, 3.8) is 0 Å². The number of aliphatic hydroxyl groups excluding tert-OH is 1. The molecule has 0 bridgehead atoms. The lowest BCUT2D eigenvalue weighted by atomic mass is 9.84. The summed E-state index contributed by atoms with van der Waals surface area (Å²) in [6, 6.07) is 12.1. The van der Waals surface area contributed by atoms with Gasteiger partial charge in [-0.3, -0.25) is 4.90 Å². The van der Waals surface area contributed by atoms with E-state index in [1.165, 1.54) is 34.4 Å². The van der Waals surface area contributed by atoms with Gasteiger partial charge in [0.15, 0.2) is 0 Å². The van der Waals surface area contributed by atoms with E-state index in [0.29, 0.717) is 23.9 Å². The minimum absolute atomic E-state index is 0.0351. The van der Waals surface area contributed by atoms with E-state index in [4.69, 9.17) is 9.84 Å². The molecule has 0 saturated heterocycles. The lowest BCUT2D eigenvalue weighted by molar-refractivity contribution is -0.0776. The van der Waals surface area contributed by atoms with Crippen LogP contribution in [0, 0.1) is 23.5 Å². The summed E-state index contributed by atoms with van der Waals surface area (Å²) in [7, 11) is 1.60. The van der Waals surface area contributed by atoms with Crippen LogP contribution >= 0.6 is 0 Å². The van der Waals surface area contributed by atoms with Gasteiger partial charge in [-0.15, -0.1) is 0 Å². The van der Waals surface area contributed by atoms with E-state index >= 15 is 0 Å². The van der Waals surface area contributed by atoms with Crippen molar-refractivity contribution >= 4 is 5.57 Å². The number of methoxy groups -OCH3 is 1. The van der Waals surface area contributed by atoms with Gasteiger partial charge in [0.05, 0.1) is 12.6 Å². The summed E-state index contributed by atoms with van der Waals surface area (Å²) in [6.07, 6.45) is 4.42. The lowest BCUT2D eigenvalue weighted by Crippen LogP contribution is -2.46. The average molecular weight is 668 g/mol. The van der Waals surface area contributed by atoms with Crippen molar-refractivity contribution in [1.82, 2.24) is 4.90 Å². The first-order valence-electron chi connectivity index (χ1n) is 17.8. The summed E-state index contributed by atoms with van der Waals surface area (Å²) >= 11 is 0. The van der Waals surface area contributed by atoms with Crippen LogP contribution in [-0.4, -0.2) is 48.8 Å². The van der Waals surface area contributed by atoms with Crippen LogP contribution < -0.4 is 0 Å². The molecule has 0 aliphatic carbocycles. The topological polar surface area (TPSA) is 32.7 Å². The first-order chi connectivity index (χ1) is 22.3. The molecule has 7 heteroatoms. The lowest BCUT2D eigenvalue weighted by Gasteiger charge is -2.38. The minimum atomic E-state index is -3.04. The van der Waals surface area contributed by atoms with E-state index in [-0.39, 0.29) is 24.6 Å². The summed E-state index contributed by atoms with van der Waals surface area (Å²) in [4.78, 5) is 1.80. The van der Waals surface area contributed by atoms with E-state index in [2.05, 4.69) is 65.8 Å². The number of rotatable bonds is 13. The first-order valence-corrected chi connectivity index (χ1v) is 17.8. The van der Waals surface area contributed by atoms with Gasteiger partial charge < -0.3 is 9.84 Å². The van der Waals surface area contributed by atoms with Crippen LogP contribution in [-0.2, 0) is 4.74 Å². The van der Waals surface area contributed by atoms with Gasteiger partial charge in [0.25, 0.3) is 5.92 Å². The molecule has 2 aromatic carbocycles. The fraction of sp³-hybridized carbons (Fsp3) is 0.650. The molecule has 0 radical (unpaired) electrons. The fourth-order valence-corrected chi connectivity index (χ4v) is 6.05. The van der Waals surface area contributed by atoms with E-state index in [1.54, 1.807) is 12.0 Å². The second kappa shape index (κ2) is 23.2. The molecule has 0 aromatic heterocycles. The zero-order valence-electron chi connectivity index (χ0n) is 31.4. The maximum Gasteiger partial charge on any atom is 0.283 e. The van der Waals surface area contributed by atoms with Crippen LogP contribution in [0.25, 0.3) is 5.57 Å². The van der Waals surface area contributed by atoms with Crippen LogP contribution in [0.1, 0.15) is 137 Å². The largest absolute Gasteiger partial charge is 0.390 e. The minimum Gasteiger partial charge on any atom is -0.390 e. The Morgan fingerprint density at radius 1 is 0.936 bits per heavy atom. The van der Waals surface area contributed by atoms with E-state index in [9.17, 15) is 17.6 Å². The van der Waals surface area contributed by atoms with E-state index < -0.39 is 24.2 Å². The molecule has 0 saturated carbocycles. The molecular weight excluding hydrogens is 602 g/mol. The molecule has 0 fully saturated rings. The van der Waals surface area contributed by atoms with E-state index in [1.807, 2.05) is 34.6 Å². The standard InChI is InChI=1S/C20H29F2NO.C16H24F2O.2C2H6/c1-5-16-11-23(12-20(21,22)13-24)15(4)10-19(16)18-9-7-6-8-17(18)14(2)3;1-5-11(3)7-12(6-2)16(19-4)13-8-14(17)10-15(18)9-13;2*1-2/h6-9,14-15,24H,5,10-13H2,1-4H3;8-12,16H,5-7H2,1-4H3;2*1-2H3. The Kier molecular flexibility index (Phi) is 22.1. The number of nitrogens with zero attached hydrogens (tertiary/aromatic N) is 1. The highest BCUT2D eigenvalue weighted by molar-refractivity contribution is 5.73. The van der Waals surface area contributed by atoms with Crippen LogP contribution in [0.15, 0.2) is 48.0 Å². The van der Waals surface area contributed by atoms with Gasteiger partial charge in [-0.05, 0) is 78.3 Å². The predicted molar refractivity (Wildman–Crippen MR) is 192 cm³/mol. The number of aliphatic hydroxyl groups is 1. The summed E-state index contributed by atoms with van der Waals surface area (Å²) in [5.74, 6) is -2.84. The van der Waals surface area contributed by atoms with Gasteiger partial charge in [-0.2, -0.15) is 0 Å². The quantitative estimate of drug-likeness (QED) is 0.216. The van der Waals surface area contributed by atoms with Crippen molar-refractivity contribution in [2.24, 2.45) is 11.8 Å². The molecular formula is C40H65F4NO2. The van der Waals surface area contributed by atoms with Gasteiger partial charge >= 0.3 is 0 Å². The number of ether oxygens (including phenoxy) is 1. The summed E-state index contributed by atoms with van der Waals surface area (Å²) in [5, 5.41) is 8.87. The smallest absolute Gasteiger partial charge is 0.283 e. The normalized spacial score (nSPS) is 17.0. The molecule has 3 nitrogen and oxygen atoms in total. The fourth-order valence-electron chi connectivity index (χ4n) is 6.05. The molecule has 4 unspecified atom stereocenters. The highest BCUT2D eigenvalue weighted by atomic mass is 19.3. The molecule has 1 heterocycles. The van der Waals surface area contributed by atoms with Crippen molar-refractivity contribution in [1.29, 1.82) is 0 Å². The number of hydrogen-bond acceptors (Lipinski definition) is 3. The van der Waals surface area contributed by atoms with Crippen LogP contribution in [0.5, 0.6) is 0 Å². The first kappa shape index (κ1) is 44.8. The molecule has 1 N–H and O–H groups in total. The Bertz CT molecular complexity index is 1150. The van der Waals surface area contributed by atoms with Gasteiger partial charge in [-0.1, -0.05) is 112 Å². The monoisotopic (exact) mass is 667 g/mol. The SMILES string of the molecule is CC.CC.CCC(C)CC(CC)C(OC)c1cc(F)cc(F)c1.CCC1=C(c2ccccc2C(C)C)CC(C)N(CC(F)(F)CO)C1. The molecule has 4 atom stereocenters. The summed E-state index contributed by atoms with van der Waals surface area (Å²) in [5.41, 5.74) is 5.73. The molecule has 270 valence electrons. The molecule has 0 amide bonds. The van der Waals surface area contributed by atoms with Crippen LogP contribution in [0.2, 0.25) is 0 Å². The molecule has 3 rings (SSSR count). The second-order valence-corrected chi connectivity index (χ2v) is 12.4. The van der Waals surface area contributed by atoms with Crippen molar-refractivity contribution in [2.75, 3.05) is 26.8 Å². The van der Waals surface area contributed by atoms with Crippen molar-refractivity contribution in [2.45, 2.75) is 132 Å². The second-order valence-electron chi connectivity index (χ2n) is 12.4. The van der Waals surface area contributed by atoms with Gasteiger partial charge in [0.1, 0.15) is 18.2 Å². The van der Waals surface area contributed by atoms with Crippen LogP contribution in [0.3, 0.4) is 0 Å². The zero-order chi connectivity index (χ0) is 36.3. The Hall–Kier alpha value is -2.22. The summed E-state index contributed by atoms with van der Waals surface area (Å²) < 4.78 is 59.4. The third-order valence-electron chi connectivity index (χ3n) is 8.77. The maximum atomic E-state index is 13.6. The Labute approximate surface area is 284 Å². The maximum absolute atomic E-state index is 13.6. The van der Waals surface area contributed by atoms with Crippen molar-refractivity contribution in [3.05, 3.63) is 76.4 Å². The molecule has 47 heavy (non-hydrogen) atoms. The third-order valence-corrected chi connectivity index (χ3v) is 8.77. The van der Waals surface area contributed by atoms with Gasteiger partial charge in [0.2, 0.25) is 0 Å². The zero-order valence-corrected chi connectivity index (χ0v) is 31.4. The van der Waals surface area contributed by atoms with Gasteiger partial charge in [-0.25, -0.2) is 17.6 Å². The predicted octanol–water partition coefficient (Wildman–Crippen LogP) is 11.9. The van der Waals surface area contributed by atoms with Crippen molar-refractivity contribution in [3.8, 4) is 0 Å². The number of alkyl halides is 2. The van der Waals surface area contributed by atoms with Crippen molar-refractivity contribution < 1.29 is 27.4 Å². The number of halogens is 4. The highest BCUT2D eigenvalue weighted by Gasteiger charge is 2.35. The number of benzene rings is 2. The van der Waals surface area contributed by atoms with Gasteiger partial charge in [0, 0.05) is 25.8 Å². The highest BCUT2D eigenvalue weighted by Crippen LogP contribution is 2.37. The van der Waals surface area contributed by atoms with E-state index in [0.717, 1.165) is 38.2 Å². The average Bonchev–Trinajstić information content (AvgIpc) is 3.06. The number of hydrogen-bond donors (Lipinski definition) is 1. The Balaban J connectivity index is 0.000000833. The Morgan fingerprint density at radius 2 is 1.51 bits per heavy atom. The molecule has 1 aliphatic heterocycles. The Morgan fingerprint density at radius 3 is 1.98 bits per heavy atom. The molecule has 1 aliphatic rings. The van der Waals surface area contributed by atoms with Crippen LogP contribution in [0.4, 0.5) is 17.6 Å². The summed E-state index contributed by atoms with van der Waals surface area (Å²) in [6.45, 7) is 22.0. The third kappa shape index (κ3) is 14.4. The molecule has 2 aromatic rings. The molecule has 0 spiro atoms.